The van der Waals surface area contributed by atoms with Crippen molar-refractivity contribution in [2.75, 3.05) is 0 Å². The first-order chi connectivity index (χ1) is 13.1. The second kappa shape index (κ2) is 8.03. The Hall–Kier alpha value is -1.60. The summed E-state index contributed by atoms with van der Waals surface area (Å²) in [4.78, 5) is 32.7. The van der Waals surface area contributed by atoms with Gasteiger partial charge in [-0.05, 0) is 58.4 Å². The van der Waals surface area contributed by atoms with Gasteiger partial charge in [-0.3, -0.25) is 14.2 Å². The fraction of sp³-hybridized carbons (Fsp3) is 0.571. The Morgan fingerprint density at radius 1 is 1.50 bits per heavy atom. The SMILES string of the molecule is C=CCn1c(SC(C)C(=O)NC(C)(C)C)nc2sc3c(c2c1=O)CCC(C)C3. The van der Waals surface area contributed by atoms with Gasteiger partial charge in [-0.15, -0.1) is 17.9 Å². The largest absolute Gasteiger partial charge is 0.351 e. The summed E-state index contributed by atoms with van der Waals surface area (Å²) in [7, 11) is 0. The van der Waals surface area contributed by atoms with E-state index in [1.54, 1.807) is 22.0 Å². The van der Waals surface area contributed by atoms with Crippen LogP contribution in [0.1, 0.15) is 51.5 Å². The van der Waals surface area contributed by atoms with Gasteiger partial charge < -0.3 is 5.32 Å². The van der Waals surface area contributed by atoms with Crippen molar-refractivity contribution in [2.45, 2.75) is 76.4 Å². The van der Waals surface area contributed by atoms with Gasteiger partial charge in [-0.25, -0.2) is 4.98 Å². The molecule has 1 aliphatic carbocycles. The molecule has 0 bridgehead atoms. The lowest BCUT2D eigenvalue weighted by molar-refractivity contribution is -0.121. The van der Waals surface area contributed by atoms with Crippen LogP contribution in [0.3, 0.4) is 0 Å². The Morgan fingerprint density at radius 3 is 2.86 bits per heavy atom. The number of nitrogens with one attached hydrogen (secondary N) is 1. The fourth-order valence-electron chi connectivity index (χ4n) is 3.47. The van der Waals surface area contributed by atoms with Gasteiger partial charge in [0.15, 0.2) is 5.16 Å². The van der Waals surface area contributed by atoms with Crippen LogP contribution in [-0.4, -0.2) is 26.2 Å². The number of aromatic nitrogens is 2. The minimum Gasteiger partial charge on any atom is -0.351 e. The minimum atomic E-state index is -0.353. The van der Waals surface area contributed by atoms with Gasteiger partial charge in [0.1, 0.15) is 4.83 Å². The molecule has 2 aromatic heterocycles. The summed E-state index contributed by atoms with van der Waals surface area (Å²) in [5.74, 6) is 0.585. The lowest BCUT2D eigenvalue weighted by atomic mass is 9.89. The standard InChI is InChI=1S/C21H29N3O2S2/c1-7-10-24-19(26)16-14-9-8-12(2)11-15(14)28-18(16)22-20(24)27-13(3)17(25)23-21(4,5)6/h7,12-13H,1,8-11H2,2-6H3,(H,23,25). The summed E-state index contributed by atoms with van der Waals surface area (Å²) in [5.41, 5.74) is 0.875. The molecule has 1 N–H and O–H groups in total. The van der Waals surface area contributed by atoms with E-state index in [9.17, 15) is 9.59 Å². The number of nitrogens with zero attached hydrogens (tertiary/aromatic N) is 2. The van der Waals surface area contributed by atoms with Crippen molar-refractivity contribution in [3.05, 3.63) is 33.4 Å². The highest BCUT2D eigenvalue weighted by molar-refractivity contribution is 8.00. The molecule has 2 unspecified atom stereocenters. The first-order valence-electron chi connectivity index (χ1n) is 9.75. The number of fused-ring (bicyclic) bond motifs is 3. The number of carbonyl (C=O) groups excluding carboxylic acids is 1. The first-order valence-corrected chi connectivity index (χ1v) is 11.4. The van der Waals surface area contributed by atoms with Crippen LogP contribution in [0.15, 0.2) is 22.6 Å². The van der Waals surface area contributed by atoms with Gasteiger partial charge in [-0.1, -0.05) is 24.8 Å². The summed E-state index contributed by atoms with van der Waals surface area (Å²) in [5, 5.41) is 3.99. The zero-order chi connectivity index (χ0) is 20.6. The van der Waals surface area contributed by atoms with Crippen LogP contribution in [0.2, 0.25) is 0 Å². The average Bonchev–Trinajstić information content (AvgIpc) is 2.93. The molecule has 0 aromatic carbocycles. The lowest BCUT2D eigenvalue weighted by Gasteiger charge is -2.23. The molecule has 0 spiro atoms. The maximum atomic E-state index is 13.3. The van der Waals surface area contributed by atoms with Gasteiger partial charge in [0.2, 0.25) is 5.91 Å². The summed E-state index contributed by atoms with van der Waals surface area (Å²) in [6.45, 7) is 14.2. The Morgan fingerprint density at radius 2 is 2.21 bits per heavy atom. The number of carbonyl (C=O) groups is 1. The van der Waals surface area contributed by atoms with Gasteiger partial charge in [-0.2, -0.15) is 0 Å². The second-order valence-electron chi connectivity index (χ2n) is 8.63. The third kappa shape index (κ3) is 4.35. The molecular formula is C21H29N3O2S2. The third-order valence-corrected chi connectivity index (χ3v) is 7.08. The quantitative estimate of drug-likeness (QED) is 0.449. The number of aryl methyl sites for hydroxylation is 1. The molecule has 3 rings (SSSR count). The highest BCUT2D eigenvalue weighted by Gasteiger charge is 2.26. The van der Waals surface area contributed by atoms with Crippen LogP contribution < -0.4 is 10.9 Å². The van der Waals surface area contributed by atoms with Crippen molar-refractivity contribution in [3.63, 3.8) is 0 Å². The van der Waals surface area contributed by atoms with Crippen molar-refractivity contribution in [1.29, 1.82) is 0 Å². The maximum absolute atomic E-state index is 13.3. The van der Waals surface area contributed by atoms with E-state index in [2.05, 4.69) is 18.8 Å². The van der Waals surface area contributed by atoms with Crippen LogP contribution in [-0.2, 0) is 24.2 Å². The molecule has 1 amide bonds. The minimum absolute atomic E-state index is 0.0112. The van der Waals surface area contributed by atoms with E-state index in [1.165, 1.54) is 22.2 Å². The molecule has 1 aliphatic rings. The number of rotatable bonds is 5. The predicted molar refractivity (Wildman–Crippen MR) is 118 cm³/mol. The number of amides is 1. The van der Waals surface area contributed by atoms with E-state index >= 15 is 0 Å². The van der Waals surface area contributed by atoms with Crippen LogP contribution in [0.5, 0.6) is 0 Å². The van der Waals surface area contributed by atoms with E-state index in [1.807, 2.05) is 27.7 Å². The van der Waals surface area contributed by atoms with E-state index in [0.717, 1.165) is 29.5 Å². The van der Waals surface area contributed by atoms with Gasteiger partial charge in [0.05, 0.1) is 10.6 Å². The van der Waals surface area contributed by atoms with Crippen LogP contribution >= 0.6 is 23.1 Å². The number of allylic oxidation sites excluding steroid dienone is 1. The van der Waals surface area contributed by atoms with Crippen LogP contribution in [0.4, 0.5) is 0 Å². The van der Waals surface area contributed by atoms with Crippen molar-refractivity contribution in [2.24, 2.45) is 5.92 Å². The molecular weight excluding hydrogens is 390 g/mol. The first kappa shape index (κ1) is 21.1. The monoisotopic (exact) mass is 419 g/mol. The third-order valence-electron chi connectivity index (χ3n) is 4.84. The molecule has 0 saturated carbocycles. The molecule has 2 heterocycles. The zero-order valence-corrected chi connectivity index (χ0v) is 18.9. The fourth-order valence-corrected chi connectivity index (χ4v) is 5.81. The van der Waals surface area contributed by atoms with E-state index < -0.39 is 0 Å². The molecule has 28 heavy (non-hydrogen) atoms. The number of thiophene rings is 1. The van der Waals surface area contributed by atoms with Crippen LogP contribution in [0.25, 0.3) is 10.2 Å². The summed E-state index contributed by atoms with van der Waals surface area (Å²) in [6.07, 6.45) is 4.78. The van der Waals surface area contributed by atoms with E-state index in [4.69, 9.17) is 4.98 Å². The molecule has 7 heteroatoms. The summed E-state index contributed by atoms with van der Waals surface area (Å²) >= 11 is 2.97. The highest BCUT2D eigenvalue weighted by Crippen LogP contribution is 2.36. The highest BCUT2D eigenvalue weighted by atomic mass is 32.2. The molecule has 152 valence electrons. The molecule has 0 aliphatic heterocycles. The molecule has 0 saturated heterocycles. The summed E-state index contributed by atoms with van der Waals surface area (Å²) in [6, 6.07) is 0. The van der Waals surface area contributed by atoms with Crippen molar-refractivity contribution >= 4 is 39.2 Å². The van der Waals surface area contributed by atoms with Crippen molar-refractivity contribution in [1.82, 2.24) is 14.9 Å². The van der Waals surface area contributed by atoms with E-state index in [0.29, 0.717) is 17.6 Å². The number of hydrogen-bond acceptors (Lipinski definition) is 5. The smallest absolute Gasteiger partial charge is 0.263 e. The van der Waals surface area contributed by atoms with Gasteiger partial charge in [0.25, 0.3) is 5.56 Å². The van der Waals surface area contributed by atoms with Crippen LogP contribution in [0, 0.1) is 5.92 Å². The van der Waals surface area contributed by atoms with Gasteiger partial charge in [0, 0.05) is 17.0 Å². The Balaban J connectivity index is 2.02. The Kier molecular flexibility index (Phi) is 6.05. The van der Waals surface area contributed by atoms with E-state index in [-0.39, 0.29) is 22.3 Å². The topological polar surface area (TPSA) is 64.0 Å². The number of thioether (sulfide) groups is 1. The Labute approximate surface area is 174 Å². The molecule has 2 aromatic rings. The number of hydrogen-bond donors (Lipinski definition) is 1. The molecule has 2 atom stereocenters. The molecule has 0 radical (unpaired) electrons. The van der Waals surface area contributed by atoms with Gasteiger partial charge >= 0.3 is 0 Å². The maximum Gasteiger partial charge on any atom is 0.263 e. The molecule has 5 nitrogen and oxygen atoms in total. The van der Waals surface area contributed by atoms with Crippen molar-refractivity contribution < 1.29 is 4.79 Å². The average molecular weight is 420 g/mol. The zero-order valence-electron chi connectivity index (χ0n) is 17.3. The summed E-state index contributed by atoms with van der Waals surface area (Å²) < 4.78 is 1.66. The predicted octanol–water partition coefficient (Wildman–Crippen LogP) is 4.16. The normalized spacial score (nSPS) is 18.0. The lowest BCUT2D eigenvalue weighted by Crippen LogP contribution is -2.44. The van der Waals surface area contributed by atoms with Crippen molar-refractivity contribution in [3.8, 4) is 0 Å². The molecule has 0 fully saturated rings. The second-order valence-corrected chi connectivity index (χ2v) is 11.0. The Bertz CT molecular complexity index is 969.